The van der Waals surface area contributed by atoms with Gasteiger partial charge in [0.2, 0.25) is 0 Å². The molecule has 0 aromatic heterocycles. The van der Waals surface area contributed by atoms with Crippen molar-refractivity contribution in [3.05, 3.63) is 0 Å². The summed E-state index contributed by atoms with van der Waals surface area (Å²) < 4.78 is 0. The van der Waals surface area contributed by atoms with Crippen LogP contribution in [0.25, 0.3) is 0 Å². The Hall–Kier alpha value is -0.0800. The Morgan fingerprint density at radius 3 is 2.44 bits per heavy atom. The van der Waals surface area contributed by atoms with Crippen LogP contribution in [-0.4, -0.2) is 37.1 Å². The molecule has 2 aliphatic rings. The first-order valence-corrected chi connectivity index (χ1v) is 7.34. The van der Waals surface area contributed by atoms with Crippen LogP contribution >= 0.6 is 0 Å². The van der Waals surface area contributed by atoms with Crippen molar-refractivity contribution >= 4 is 0 Å². The SMILES string of the molecule is CCN1CCC(CNC2CCCCCC2)C1. The average molecular weight is 224 g/mol. The molecular weight excluding hydrogens is 196 g/mol. The number of likely N-dealkylation sites (tertiary alicyclic amines) is 1. The van der Waals surface area contributed by atoms with E-state index in [4.69, 9.17) is 0 Å². The van der Waals surface area contributed by atoms with Gasteiger partial charge in [-0.2, -0.15) is 0 Å². The van der Waals surface area contributed by atoms with Crippen molar-refractivity contribution in [3.8, 4) is 0 Å². The van der Waals surface area contributed by atoms with E-state index in [-0.39, 0.29) is 0 Å². The lowest BCUT2D eigenvalue weighted by molar-refractivity contribution is 0.331. The molecule has 1 saturated carbocycles. The zero-order valence-electron chi connectivity index (χ0n) is 10.9. The summed E-state index contributed by atoms with van der Waals surface area (Å²) in [4.78, 5) is 2.58. The van der Waals surface area contributed by atoms with Crippen LogP contribution in [0.15, 0.2) is 0 Å². The largest absolute Gasteiger partial charge is 0.314 e. The topological polar surface area (TPSA) is 15.3 Å². The highest BCUT2D eigenvalue weighted by Crippen LogP contribution is 2.19. The molecule has 2 rings (SSSR count). The number of rotatable bonds is 4. The maximum absolute atomic E-state index is 3.82. The normalized spacial score (nSPS) is 29.4. The molecule has 0 aromatic carbocycles. The molecule has 1 aliphatic carbocycles. The van der Waals surface area contributed by atoms with Crippen LogP contribution in [0.5, 0.6) is 0 Å². The van der Waals surface area contributed by atoms with Crippen molar-refractivity contribution in [1.82, 2.24) is 10.2 Å². The fourth-order valence-electron chi connectivity index (χ4n) is 3.18. The third-order valence-corrected chi connectivity index (χ3v) is 4.37. The molecule has 2 heteroatoms. The Kier molecular flexibility index (Phi) is 5.11. The molecule has 0 amide bonds. The third-order valence-electron chi connectivity index (χ3n) is 4.37. The van der Waals surface area contributed by atoms with Crippen molar-refractivity contribution in [2.75, 3.05) is 26.2 Å². The summed E-state index contributed by atoms with van der Waals surface area (Å²) in [5, 5.41) is 3.82. The first kappa shape index (κ1) is 12.4. The van der Waals surface area contributed by atoms with Crippen LogP contribution in [0.3, 0.4) is 0 Å². The molecule has 0 bridgehead atoms. The lowest BCUT2D eigenvalue weighted by Gasteiger charge is -2.19. The first-order chi connectivity index (χ1) is 7.88. The first-order valence-electron chi connectivity index (χ1n) is 7.34. The van der Waals surface area contributed by atoms with E-state index in [1.165, 1.54) is 71.1 Å². The average Bonchev–Trinajstić information content (AvgIpc) is 2.61. The molecule has 0 radical (unpaired) electrons. The molecule has 1 atom stereocenters. The minimum atomic E-state index is 0.832. The summed E-state index contributed by atoms with van der Waals surface area (Å²) in [6.45, 7) is 7.44. The van der Waals surface area contributed by atoms with Gasteiger partial charge in [-0.3, -0.25) is 0 Å². The van der Waals surface area contributed by atoms with E-state index in [1.807, 2.05) is 0 Å². The molecule has 0 spiro atoms. The molecule has 94 valence electrons. The molecule has 1 N–H and O–H groups in total. The fourth-order valence-corrected chi connectivity index (χ4v) is 3.18. The number of nitrogens with one attached hydrogen (secondary N) is 1. The van der Waals surface area contributed by atoms with Gasteiger partial charge in [-0.25, -0.2) is 0 Å². The summed E-state index contributed by atoms with van der Waals surface area (Å²) in [7, 11) is 0. The molecular formula is C14H28N2. The van der Waals surface area contributed by atoms with E-state index in [9.17, 15) is 0 Å². The van der Waals surface area contributed by atoms with Crippen LogP contribution in [0.1, 0.15) is 51.9 Å². The quantitative estimate of drug-likeness (QED) is 0.739. The third kappa shape index (κ3) is 3.74. The van der Waals surface area contributed by atoms with Gasteiger partial charge in [0, 0.05) is 12.6 Å². The van der Waals surface area contributed by atoms with Gasteiger partial charge in [-0.1, -0.05) is 32.6 Å². The van der Waals surface area contributed by atoms with Gasteiger partial charge in [0.1, 0.15) is 0 Å². The predicted octanol–water partition coefficient (Wildman–Crippen LogP) is 2.64. The van der Waals surface area contributed by atoms with E-state index in [0.29, 0.717) is 0 Å². The highest BCUT2D eigenvalue weighted by atomic mass is 15.1. The summed E-state index contributed by atoms with van der Waals surface area (Å²) in [6.07, 6.45) is 10.1. The van der Waals surface area contributed by atoms with Gasteiger partial charge >= 0.3 is 0 Å². The van der Waals surface area contributed by atoms with Crippen LogP contribution in [0.2, 0.25) is 0 Å². The number of nitrogens with zero attached hydrogens (tertiary/aromatic N) is 1. The molecule has 1 saturated heterocycles. The highest BCUT2D eigenvalue weighted by Gasteiger charge is 2.21. The standard InChI is InChI=1S/C14H28N2/c1-2-16-10-9-13(12-16)11-15-14-7-5-3-4-6-8-14/h13-15H,2-12H2,1H3. The van der Waals surface area contributed by atoms with Gasteiger partial charge < -0.3 is 10.2 Å². The maximum Gasteiger partial charge on any atom is 0.00671 e. The Morgan fingerprint density at radius 2 is 1.81 bits per heavy atom. The van der Waals surface area contributed by atoms with Gasteiger partial charge in [-0.05, 0) is 44.8 Å². The minimum Gasteiger partial charge on any atom is -0.314 e. The van der Waals surface area contributed by atoms with Crippen molar-refractivity contribution in [1.29, 1.82) is 0 Å². The van der Waals surface area contributed by atoms with Crippen LogP contribution in [0.4, 0.5) is 0 Å². The molecule has 2 nitrogen and oxygen atoms in total. The van der Waals surface area contributed by atoms with Gasteiger partial charge in [-0.15, -0.1) is 0 Å². The molecule has 2 fully saturated rings. The molecule has 0 aromatic rings. The van der Waals surface area contributed by atoms with Crippen LogP contribution < -0.4 is 5.32 Å². The van der Waals surface area contributed by atoms with Crippen molar-refractivity contribution in [2.45, 2.75) is 57.9 Å². The molecule has 16 heavy (non-hydrogen) atoms. The zero-order chi connectivity index (χ0) is 11.2. The Bertz CT molecular complexity index is 185. The summed E-state index contributed by atoms with van der Waals surface area (Å²) in [6, 6.07) is 0.832. The van der Waals surface area contributed by atoms with Crippen molar-refractivity contribution in [2.24, 2.45) is 5.92 Å². The maximum atomic E-state index is 3.82. The minimum absolute atomic E-state index is 0.832. The molecule has 1 aliphatic heterocycles. The van der Waals surface area contributed by atoms with Gasteiger partial charge in [0.05, 0.1) is 0 Å². The summed E-state index contributed by atoms with van der Waals surface area (Å²) >= 11 is 0. The van der Waals surface area contributed by atoms with Crippen molar-refractivity contribution < 1.29 is 0 Å². The smallest absolute Gasteiger partial charge is 0.00671 e. The van der Waals surface area contributed by atoms with Crippen molar-refractivity contribution in [3.63, 3.8) is 0 Å². The van der Waals surface area contributed by atoms with E-state index in [1.54, 1.807) is 0 Å². The Labute approximate surface area is 101 Å². The highest BCUT2D eigenvalue weighted by molar-refractivity contribution is 4.79. The lowest BCUT2D eigenvalue weighted by Crippen LogP contribution is -2.34. The second kappa shape index (κ2) is 6.61. The van der Waals surface area contributed by atoms with E-state index >= 15 is 0 Å². The Morgan fingerprint density at radius 1 is 1.06 bits per heavy atom. The van der Waals surface area contributed by atoms with Crippen LogP contribution in [-0.2, 0) is 0 Å². The number of hydrogen-bond donors (Lipinski definition) is 1. The predicted molar refractivity (Wildman–Crippen MR) is 69.7 cm³/mol. The van der Waals surface area contributed by atoms with Gasteiger partial charge in [0.15, 0.2) is 0 Å². The van der Waals surface area contributed by atoms with E-state index in [0.717, 1.165) is 12.0 Å². The summed E-state index contributed by atoms with van der Waals surface area (Å²) in [5.74, 6) is 0.920. The Balaban J connectivity index is 1.63. The molecule has 1 unspecified atom stereocenters. The van der Waals surface area contributed by atoms with E-state index in [2.05, 4.69) is 17.1 Å². The monoisotopic (exact) mass is 224 g/mol. The fraction of sp³-hybridized carbons (Fsp3) is 1.00. The lowest BCUT2D eigenvalue weighted by atomic mass is 10.1. The second-order valence-corrected chi connectivity index (χ2v) is 5.64. The molecule has 1 heterocycles. The van der Waals surface area contributed by atoms with Crippen LogP contribution in [0, 0.1) is 5.92 Å². The number of hydrogen-bond acceptors (Lipinski definition) is 2. The summed E-state index contributed by atoms with van der Waals surface area (Å²) in [5.41, 5.74) is 0. The van der Waals surface area contributed by atoms with Gasteiger partial charge in [0.25, 0.3) is 0 Å². The van der Waals surface area contributed by atoms with E-state index < -0.39 is 0 Å². The zero-order valence-corrected chi connectivity index (χ0v) is 10.9. The second-order valence-electron chi connectivity index (χ2n) is 5.64.